The second kappa shape index (κ2) is 7.11. The molecular weight excluding hydrogens is 389 g/mol. The van der Waals surface area contributed by atoms with Crippen LogP contribution in [0.4, 0.5) is 0 Å². The average Bonchev–Trinajstić information content (AvgIpc) is 3.21. The highest BCUT2D eigenvalue weighted by atomic mass is 32.1. The predicted octanol–water partition coefficient (Wildman–Crippen LogP) is 5.74. The molecule has 0 radical (unpaired) electrons. The minimum Gasteiger partial charge on any atom is -0.427 e. The van der Waals surface area contributed by atoms with Crippen LogP contribution in [0.3, 0.4) is 0 Å². The smallest absolute Gasteiger partial charge is 0.311 e. The van der Waals surface area contributed by atoms with Gasteiger partial charge >= 0.3 is 7.48 Å². The molecule has 4 aromatic rings. The van der Waals surface area contributed by atoms with Crippen LogP contribution in [-0.2, 0) is 4.65 Å². The third-order valence-electron chi connectivity index (χ3n) is 7.19. The van der Waals surface area contributed by atoms with Gasteiger partial charge in [0.15, 0.2) is 0 Å². The van der Waals surface area contributed by atoms with Gasteiger partial charge in [0.05, 0.1) is 21.4 Å². The van der Waals surface area contributed by atoms with E-state index in [1.165, 1.54) is 25.7 Å². The molecular formula is C25H32BNO2S. The van der Waals surface area contributed by atoms with Gasteiger partial charge in [0.2, 0.25) is 0 Å². The van der Waals surface area contributed by atoms with E-state index in [2.05, 4.69) is 75.1 Å². The molecule has 2 N–H and O–H groups in total. The molecule has 30 heavy (non-hydrogen) atoms. The average molecular weight is 421 g/mol. The lowest BCUT2D eigenvalue weighted by Gasteiger charge is -2.48. The molecule has 3 nitrogen and oxygen atoms in total. The normalized spacial score (nSPS) is 16.3. The number of aliphatic hydroxyl groups is 1. The van der Waals surface area contributed by atoms with E-state index in [0.717, 1.165) is 11.0 Å². The van der Waals surface area contributed by atoms with Crippen LogP contribution in [0.2, 0.25) is 0 Å². The van der Waals surface area contributed by atoms with Crippen molar-refractivity contribution in [3.63, 3.8) is 0 Å². The van der Waals surface area contributed by atoms with Crippen LogP contribution in [-0.4, -0.2) is 28.8 Å². The molecule has 4 rings (SSSR count). The second-order valence-corrected chi connectivity index (χ2v) is 11.4. The zero-order valence-corrected chi connectivity index (χ0v) is 19.9. The lowest BCUT2D eigenvalue weighted by molar-refractivity contribution is -0.155. The van der Waals surface area contributed by atoms with Gasteiger partial charge in [0.25, 0.3) is 0 Å². The highest BCUT2D eigenvalue weighted by Gasteiger charge is 2.48. The standard InChI is InChI=1S/C25H32BNO2S/c1-15(23(2,3)4)25(7,28)24(5,6)29-26-18-13-10-12-17-20(18)27-21-16-11-8-9-14-19(16)30-22(17)21/h8-15,26-28H,1-7H3. The van der Waals surface area contributed by atoms with E-state index in [-0.39, 0.29) is 11.3 Å². The Labute approximate surface area is 183 Å². The van der Waals surface area contributed by atoms with Gasteiger partial charge in [-0.3, -0.25) is 0 Å². The Morgan fingerprint density at radius 1 is 0.933 bits per heavy atom. The van der Waals surface area contributed by atoms with Gasteiger partial charge in [-0.25, -0.2) is 0 Å². The first-order chi connectivity index (χ1) is 13.9. The molecule has 2 aromatic carbocycles. The summed E-state index contributed by atoms with van der Waals surface area (Å²) in [6, 6.07) is 14.9. The van der Waals surface area contributed by atoms with E-state index in [1.54, 1.807) is 0 Å². The Kier molecular flexibility index (Phi) is 5.08. The highest BCUT2D eigenvalue weighted by molar-refractivity contribution is 7.26. The Bertz CT molecular complexity index is 1210. The van der Waals surface area contributed by atoms with E-state index in [9.17, 15) is 5.11 Å². The summed E-state index contributed by atoms with van der Waals surface area (Å²) in [5.74, 6) is 0.0676. The van der Waals surface area contributed by atoms with Gasteiger partial charge in [-0.05, 0) is 43.6 Å². The molecule has 0 fully saturated rings. The summed E-state index contributed by atoms with van der Waals surface area (Å²) < 4.78 is 8.99. The number of hydrogen-bond acceptors (Lipinski definition) is 3. The van der Waals surface area contributed by atoms with E-state index in [4.69, 9.17) is 4.65 Å². The van der Waals surface area contributed by atoms with Crippen LogP contribution in [0.1, 0.15) is 48.5 Å². The Morgan fingerprint density at radius 3 is 2.30 bits per heavy atom. The largest absolute Gasteiger partial charge is 0.427 e. The van der Waals surface area contributed by atoms with Gasteiger partial charge in [0, 0.05) is 21.0 Å². The quantitative estimate of drug-likeness (QED) is 0.404. The maximum Gasteiger partial charge on any atom is 0.311 e. The number of aromatic amines is 1. The summed E-state index contributed by atoms with van der Waals surface area (Å²) in [6.45, 7) is 14.5. The van der Waals surface area contributed by atoms with Gasteiger partial charge in [-0.1, -0.05) is 64.1 Å². The van der Waals surface area contributed by atoms with Crippen molar-refractivity contribution in [2.24, 2.45) is 11.3 Å². The minimum atomic E-state index is -0.967. The second-order valence-electron chi connectivity index (χ2n) is 10.3. The molecule has 158 valence electrons. The van der Waals surface area contributed by atoms with Crippen molar-refractivity contribution in [1.29, 1.82) is 0 Å². The van der Waals surface area contributed by atoms with Crippen LogP contribution in [0.15, 0.2) is 42.5 Å². The van der Waals surface area contributed by atoms with E-state index in [0.29, 0.717) is 7.48 Å². The van der Waals surface area contributed by atoms with Crippen molar-refractivity contribution in [1.82, 2.24) is 4.98 Å². The fourth-order valence-electron chi connectivity index (χ4n) is 4.31. The third-order valence-corrected chi connectivity index (χ3v) is 8.39. The molecule has 0 aliphatic carbocycles. The molecule has 2 atom stereocenters. The van der Waals surface area contributed by atoms with Gasteiger partial charge in [0.1, 0.15) is 0 Å². The summed E-state index contributed by atoms with van der Waals surface area (Å²) in [5.41, 5.74) is 1.76. The number of H-pyrrole nitrogens is 1. The lowest BCUT2D eigenvalue weighted by atomic mass is 9.66. The molecule has 0 saturated heterocycles. The van der Waals surface area contributed by atoms with Crippen LogP contribution < -0.4 is 5.46 Å². The van der Waals surface area contributed by atoms with Crippen molar-refractivity contribution in [2.75, 3.05) is 0 Å². The molecule has 0 aliphatic rings. The van der Waals surface area contributed by atoms with E-state index >= 15 is 0 Å². The zero-order chi connectivity index (χ0) is 21.9. The van der Waals surface area contributed by atoms with E-state index in [1.807, 2.05) is 32.1 Å². The molecule has 0 aliphatic heterocycles. The molecule has 0 spiro atoms. The summed E-state index contributed by atoms with van der Waals surface area (Å²) in [6.07, 6.45) is 0. The first-order valence-corrected chi connectivity index (χ1v) is 11.5. The maximum absolute atomic E-state index is 11.4. The number of benzene rings is 2. The van der Waals surface area contributed by atoms with Gasteiger partial charge in [-0.15, -0.1) is 11.3 Å². The highest BCUT2D eigenvalue weighted by Crippen LogP contribution is 2.42. The summed E-state index contributed by atoms with van der Waals surface area (Å²) in [7, 11) is 0.447. The molecule has 0 saturated carbocycles. The number of para-hydroxylation sites is 1. The SMILES string of the molecule is CC(C(C)(C)C)C(C)(O)C(C)(C)OBc1cccc2c1[nH]c1c3ccccc3sc21. The fraction of sp³-hybridized carbons (Fsp3) is 0.440. The van der Waals surface area contributed by atoms with Crippen LogP contribution in [0, 0.1) is 11.3 Å². The summed E-state index contributed by atoms with van der Waals surface area (Å²) in [5, 5.41) is 13.9. The van der Waals surface area contributed by atoms with Gasteiger partial charge < -0.3 is 14.7 Å². The van der Waals surface area contributed by atoms with Crippen molar-refractivity contribution < 1.29 is 9.76 Å². The van der Waals surface area contributed by atoms with Crippen LogP contribution in [0.25, 0.3) is 31.2 Å². The third kappa shape index (κ3) is 3.37. The van der Waals surface area contributed by atoms with Gasteiger partial charge in [-0.2, -0.15) is 0 Å². The Morgan fingerprint density at radius 2 is 1.60 bits per heavy atom. The van der Waals surface area contributed by atoms with Crippen molar-refractivity contribution in [3.8, 4) is 0 Å². The number of nitrogens with one attached hydrogen (secondary N) is 1. The lowest BCUT2D eigenvalue weighted by Crippen LogP contribution is -2.58. The van der Waals surface area contributed by atoms with Crippen molar-refractivity contribution in [3.05, 3.63) is 42.5 Å². The van der Waals surface area contributed by atoms with E-state index < -0.39 is 11.2 Å². The molecule has 0 amide bonds. The Balaban J connectivity index is 1.68. The molecule has 2 unspecified atom stereocenters. The monoisotopic (exact) mass is 421 g/mol. The van der Waals surface area contributed by atoms with Crippen LogP contribution >= 0.6 is 11.3 Å². The number of aromatic nitrogens is 1. The number of fused-ring (bicyclic) bond motifs is 5. The Hall–Kier alpha value is -1.82. The first-order valence-electron chi connectivity index (χ1n) is 10.7. The van der Waals surface area contributed by atoms with Crippen molar-refractivity contribution >= 4 is 55.5 Å². The molecule has 2 aromatic heterocycles. The molecule has 5 heteroatoms. The number of thiophene rings is 1. The minimum absolute atomic E-state index is 0.0188. The fourth-order valence-corrected chi connectivity index (χ4v) is 5.50. The first kappa shape index (κ1) is 21.4. The number of rotatable bonds is 5. The summed E-state index contributed by atoms with van der Waals surface area (Å²) in [4.78, 5) is 3.66. The number of hydrogen-bond donors (Lipinski definition) is 2. The van der Waals surface area contributed by atoms with Crippen LogP contribution in [0.5, 0.6) is 0 Å². The topological polar surface area (TPSA) is 45.2 Å². The zero-order valence-electron chi connectivity index (χ0n) is 19.1. The molecule has 2 heterocycles. The summed E-state index contributed by atoms with van der Waals surface area (Å²) >= 11 is 1.83. The maximum atomic E-state index is 11.4. The molecule has 0 bridgehead atoms. The van der Waals surface area contributed by atoms with Crippen molar-refractivity contribution in [2.45, 2.75) is 59.7 Å². The predicted molar refractivity (Wildman–Crippen MR) is 132 cm³/mol.